The van der Waals surface area contributed by atoms with E-state index in [1.165, 1.54) is 30.2 Å². The van der Waals surface area contributed by atoms with Crippen LogP contribution in [0.4, 0.5) is 5.69 Å². The Labute approximate surface area is 186 Å². The second kappa shape index (κ2) is 9.56. The maximum absolute atomic E-state index is 12.8. The molecule has 9 nitrogen and oxygen atoms in total. The third-order valence-corrected chi connectivity index (χ3v) is 7.12. The van der Waals surface area contributed by atoms with E-state index in [2.05, 4.69) is 5.32 Å². The molecule has 1 N–H and O–H groups in total. The number of nitrogens with one attached hydrogen (secondary N) is 1. The number of carbonyl (C=O) groups excluding carboxylic acids is 3. The first-order valence-electron chi connectivity index (χ1n) is 10.3. The first-order chi connectivity index (χ1) is 15.1. The van der Waals surface area contributed by atoms with Gasteiger partial charge in [0, 0.05) is 18.3 Å². The maximum Gasteiger partial charge on any atom is 0.338 e. The van der Waals surface area contributed by atoms with Crippen LogP contribution in [-0.2, 0) is 19.4 Å². The standard InChI is InChI=1S/C22H26N2O7S/c1-4-24(17-9-11-32(28,29)13-17)21(26)15(3)31-22(27)16-8-7-14(2)18(12-16)23-20(25)19-6-5-10-30-19/h5-8,10,12,15,17H,4,9,11,13H2,1-3H3,(H,23,25)/t15-,17-/m1/s1. The monoisotopic (exact) mass is 462 g/mol. The molecule has 1 aromatic heterocycles. The third kappa shape index (κ3) is 5.37. The minimum absolute atomic E-state index is 0.0471. The van der Waals surface area contributed by atoms with Crippen LogP contribution in [0.5, 0.6) is 0 Å². The third-order valence-electron chi connectivity index (χ3n) is 5.37. The Morgan fingerprint density at radius 2 is 2.03 bits per heavy atom. The van der Waals surface area contributed by atoms with Gasteiger partial charge in [-0.15, -0.1) is 0 Å². The molecule has 0 unspecified atom stereocenters. The zero-order valence-electron chi connectivity index (χ0n) is 18.2. The van der Waals surface area contributed by atoms with Crippen molar-refractivity contribution >= 4 is 33.3 Å². The second-order valence-electron chi connectivity index (χ2n) is 7.69. The number of ether oxygens (including phenoxy) is 1. The molecule has 2 aromatic rings. The summed E-state index contributed by atoms with van der Waals surface area (Å²) in [6, 6.07) is 7.36. The van der Waals surface area contributed by atoms with Crippen LogP contribution in [0.3, 0.4) is 0 Å². The zero-order chi connectivity index (χ0) is 23.5. The number of amides is 2. The Kier molecular flexibility index (Phi) is 7.02. The lowest BCUT2D eigenvalue weighted by molar-refractivity contribution is -0.141. The van der Waals surface area contributed by atoms with Crippen molar-refractivity contribution in [1.29, 1.82) is 0 Å². The number of esters is 1. The van der Waals surface area contributed by atoms with Crippen LogP contribution in [0.2, 0.25) is 0 Å². The van der Waals surface area contributed by atoms with E-state index in [4.69, 9.17) is 9.15 Å². The first-order valence-corrected chi connectivity index (χ1v) is 12.1. The van der Waals surface area contributed by atoms with Gasteiger partial charge in [-0.1, -0.05) is 6.07 Å². The molecular weight excluding hydrogens is 436 g/mol. The summed E-state index contributed by atoms with van der Waals surface area (Å²) in [5.41, 5.74) is 1.30. The maximum atomic E-state index is 12.8. The molecule has 0 saturated carbocycles. The van der Waals surface area contributed by atoms with Gasteiger partial charge in [0.05, 0.1) is 23.3 Å². The molecule has 2 atom stereocenters. The number of benzene rings is 1. The van der Waals surface area contributed by atoms with Crippen LogP contribution < -0.4 is 5.32 Å². The summed E-state index contributed by atoms with van der Waals surface area (Å²) in [5, 5.41) is 2.68. The lowest BCUT2D eigenvalue weighted by Gasteiger charge is -2.29. The van der Waals surface area contributed by atoms with E-state index in [1.807, 2.05) is 0 Å². The van der Waals surface area contributed by atoms with Crippen molar-refractivity contribution in [3.8, 4) is 0 Å². The van der Waals surface area contributed by atoms with Crippen LogP contribution in [0.1, 0.15) is 46.7 Å². The van der Waals surface area contributed by atoms with Gasteiger partial charge in [-0.25, -0.2) is 13.2 Å². The van der Waals surface area contributed by atoms with Crippen LogP contribution in [0, 0.1) is 6.92 Å². The average Bonchev–Trinajstić information content (AvgIpc) is 3.40. The summed E-state index contributed by atoms with van der Waals surface area (Å²) in [6.07, 6.45) is 0.668. The highest BCUT2D eigenvalue weighted by atomic mass is 32.2. The molecule has 172 valence electrons. The van der Waals surface area contributed by atoms with E-state index in [1.54, 1.807) is 32.0 Å². The first kappa shape index (κ1) is 23.5. The van der Waals surface area contributed by atoms with Crippen LogP contribution >= 0.6 is 0 Å². The minimum atomic E-state index is -3.15. The van der Waals surface area contributed by atoms with Crippen molar-refractivity contribution in [2.45, 2.75) is 39.3 Å². The van der Waals surface area contributed by atoms with Gasteiger partial charge in [0.2, 0.25) is 0 Å². The molecule has 1 aliphatic rings. The number of carbonyl (C=O) groups is 3. The van der Waals surface area contributed by atoms with Gasteiger partial charge in [0.15, 0.2) is 21.7 Å². The largest absolute Gasteiger partial charge is 0.459 e. The molecule has 1 saturated heterocycles. The molecule has 10 heteroatoms. The smallest absolute Gasteiger partial charge is 0.338 e. The fourth-order valence-corrected chi connectivity index (χ4v) is 5.33. The van der Waals surface area contributed by atoms with Gasteiger partial charge in [-0.05, 0) is 57.0 Å². The number of nitrogens with zero attached hydrogens (tertiary/aromatic N) is 1. The summed E-state index contributed by atoms with van der Waals surface area (Å²) in [5.74, 6) is -1.53. The lowest BCUT2D eigenvalue weighted by atomic mass is 10.1. The molecule has 3 rings (SSSR count). The number of anilines is 1. The molecule has 32 heavy (non-hydrogen) atoms. The highest BCUT2D eigenvalue weighted by Crippen LogP contribution is 2.21. The summed E-state index contributed by atoms with van der Waals surface area (Å²) < 4.78 is 34.0. The summed E-state index contributed by atoms with van der Waals surface area (Å²) in [6.45, 7) is 5.30. The summed E-state index contributed by atoms with van der Waals surface area (Å²) in [7, 11) is -3.15. The van der Waals surface area contributed by atoms with Crippen LogP contribution in [0.15, 0.2) is 41.0 Å². The Hall–Kier alpha value is -3.14. The van der Waals surface area contributed by atoms with Gasteiger partial charge in [0.25, 0.3) is 11.8 Å². The van der Waals surface area contributed by atoms with Gasteiger partial charge in [-0.3, -0.25) is 9.59 Å². The number of likely N-dealkylation sites (N-methyl/N-ethyl adjacent to an activating group) is 1. The summed E-state index contributed by atoms with van der Waals surface area (Å²) in [4.78, 5) is 39.2. The Morgan fingerprint density at radius 3 is 2.62 bits per heavy atom. The van der Waals surface area contributed by atoms with Crippen molar-refractivity contribution in [2.75, 3.05) is 23.4 Å². The number of aryl methyl sites for hydroxylation is 1. The zero-order valence-corrected chi connectivity index (χ0v) is 19.0. The molecule has 0 radical (unpaired) electrons. The minimum Gasteiger partial charge on any atom is -0.459 e. The highest BCUT2D eigenvalue weighted by Gasteiger charge is 2.36. The van der Waals surface area contributed by atoms with Crippen LogP contribution in [-0.4, -0.2) is 61.3 Å². The fourth-order valence-electron chi connectivity index (χ4n) is 3.60. The predicted molar refractivity (Wildman–Crippen MR) is 117 cm³/mol. The van der Waals surface area contributed by atoms with Crippen molar-refractivity contribution in [3.05, 3.63) is 53.5 Å². The number of rotatable bonds is 7. The van der Waals surface area contributed by atoms with E-state index in [0.29, 0.717) is 18.7 Å². The van der Waals surface area contributed by atoms with E-state index >= 15 is 0 Å². The highest BCUT2D eigenvalue weighted by molar-refractivity contribution is 7.91. The average molecular weight is 463 g/mol. The van der Waals surface area contributed by atoms with Gasteiger partial charge in [-0.2, -0.15) is 0 Å². The SMILES string of the molecule is CCN(C(=O)[C@@H](C)OC(=O)c1ccc(C)c(NC(=O)c2ccco2)c1)[C@@H]1CCS(=O)(=O)C1. The number of hydrogen-bond acceptors (Lipinski definition) is 7. The van der Waals surface area contributed by atoms with E-state index in [9.17, 15) is 22.8 Å². The number of hydrogen-bond donors (Lipinski definition) is 1. The molecule has 1 aliphatic heterocycles. The lowest BCUT2D eigenvalue weighted by Crippen LogP contribution is -2.46. The molecular formula is C22H26N2O7S. The number of sulfone groups is 1. The molecule has 0 bridgehead atoms. The quantitative estimate of drug-likeness (QED) is 0.627. The molecule has 2 amide bonds. The fraction of sp³-hybridized carbons (Fsp3) is 0.409. The topological polar surface area (TPSA) is 123 Å². The Bertz CT molecular complexity index is 1110. The number of furan rings is 1. The van der Waals surface area contributed by atoms with Crippen molar-refractivity contribution in [3.63, 3.8) is 0 Å². The molecule has 0 spiro atoms. The Balaban J connectivity index is 1.68. The molecule has 1 aromatic carbocycles. The predicted octanol–water partition coefficient (Wildman–Crippen LogP) is 2.42. The normalized spacial score (nSPS) is 18.0. The van der Waals surface area contributed by atoms with E-state index < -0.39 is 39.8 Å². The Morgan fingerprint density at radius 1 is 1.28 bits per heavy atom. The van der Waals surface area contributed by atoms with E-state index in [0.717, 1.165) is 5.56 Å². The van der Waals surface area contributed by atoms with Crippen LogP contribution in [0.25, 0.3) is 0 Å². The van der Waals surface area contributed by atoms with Gasteiger partial charge in [0.1, 0.15) is 0 Å². The molecule has 1 fully saturated rings. The van der Waals surface area contributed by atoms with Gasteiger partial charge >= 0.3 is 5.97 Å². The van der Waals surface area contributed by atoms with Crippen molar-refractivity contribution in [1.82, 2.24) is 4.90 Å². The van der Waals surface area contributed by atoms with Gasteiger partial charge < -0.3 is 19.4 Å². The van der Waals surface area contributed by atoms with Crippen molar-refractivity contribution < 1.29 is 32.0 Å². The van der Waals surface area contributed by atoms with E-state index in [-0.39, 0.29) is 22.8 Å². The molecule has 0 aliphatic carbocycles. The second-order valence-corrected chi connectivity index (χ2v) is 9.92. The molecule has 2 heterocycles. The van der Waals surface area contributed by atoms with Crippen molar-refractivity contribution in [2.24, 2.45) is 0 Å². The summed E-state index contributed by atoms with van der Waals surface area (Å²) >= 11 is 0.